The second kappa shape index (κ2) is 11.0. The monoisotopic (exact) mass is 529 g/mol. The number of anilines is 2. The maximum Gasteiger partial charge on any atom is 0.255 e. The smallest absolute Gasteiger partial charge is 0.255 e. The number of fused-ring (bicyclic) bond motifs is 1. The van der Waals surface area contributed by atoms with Crippen molar-refractivity contribution in [2.75, 3.05) is 17.2 Å². The van der Waals surface area contributed by atoms with Crippen molar-refractivity contribution in [3.8, 4) is 11.5 Å². The molecule has 1 amide bonds. The molecule has 2 N–H and O–H groups in total. The Bertz CT molecular complexity index is 1500. The van der Waals surface area contributed by atoms with Gasteiger partial charge < -0.3 is 20.1 Å². The van der Waals surface area contributed by atoms with Crippen LogP contribution in [0.4, 0.5) is 11.6 Å². The molecule has 4 aromatic rings. The van der Waals surface area contributed by atoms with Gasteiger partial charge in [-0.15, -0.1) is 0 Å². The van der Waals surface area contributed by atoms with Crippen LogP contribution in [0.3, 0.4) is 0 Å². The van der Waals surface area contributed by atoms with E-state index in [1.165, 1.54) is 11.9 Å². The second-order valence-corrected chi connectivity index (χ2v) is 9.41. The lowest BCUT2D eigenvalue weighted by Gasteiger charge is -2.29. The summed E-state index contributed by atoms with van der Waals surface area (Å²) in [6.07, 6.45) is 1.46. The van der Waals surface area contributed by atoms with Crippen LogP contribution in [-0.4, -0.2) is 27.3 Å². The highest BCUT2D eigenvalue weighted by molar-refractivity contribution is 6.30. The van der Waals surface area contributed by atoms with E-state index in [1.807, 2.05) is 44.2 Å². The average Bonchev–Trinajstić information content (AvgIpc) is 3.36. The quantitative estimate of drug-likeness (QED) is 0.285. The third kappa shape index (κ3) is 5.35. The molecule has 0 saturated carbocycles. The largest absolute Gasteiger partial charge is 0.490 e. The summed E-state index contributed by atoms with van der Waals surface area (Å²) in [5.41, 5.74) is 4.88. The van der Waals surface area contributed by atoms with Crippen molar-refractivity contribution in [2.24, 2.45) is 0 Å². The molecular formula is C29H28ClN5O3. The van der Waals surface area contributed by atoms with Gasteiger partial charge in [-0.3, -0.25) is 4.79 Å². The zero-order chi connectivity index (χ0) is 26.6. The molecule has 0 spiro atoms. The summed E-state index contributed by atoms with van der Waals surface area (Å²) >= 11 is 6.01. The molecule has 0 bridgehead atoms. The molecule has 0 aliphatic carbocycles. The normalized spacial score (nSPS) is 14.5. The number of hydrogen-bond donors (Lipinski definition) is 2. The van der Waals surface area contributed by atoms with Crippen LogP contribution in [0.2, 0.25) is 5.02 Å². The summed E-state index contributed by atoms with van der Waals surface area (Å²) in [6.45, 7) is 6.70. The molecular weight excluding hydrogens is 502 g/mol. The van der Waals surface area contributed by atoms with Crippen LogP contribution in [-0.2, 0) is 11.4 Å². The number of allylic oxidation sites excluding steroid dienone is 1. The molecule has 38 heavy (non-hydrogen) atoms. The number of nitrogens with zero attached hydrogens (tertiary/aromatic N) is 3. The zero-order valence-corrected chi connectivity index (χ0v) is 22.1. The lowest BCUT2D eigenvalue weighted by atomic mass is 9.94. The van der Waals surface area contributed by atoms with Crippen molar-refractivity contribution >= 4 is 29.1 Å². The first kappa shape index (κ1) is 25.4. The van der Waals surface area contributed by atoms with Gasteiger partial charge in [0.05, 0.1) is 12.2 Å². The fraction of sp³-hybridized carbons (Fsp3) is 0.207. The molecule has 1 unspecified atom stereocenters. The fourth-order valence-corrected chi connectivity index (χ4v) is 4.60. The molecule has 1 atom stereocenters. The first-order valence-corrected chi connectivity index (χ1v) is 12.7. The van der Waals surface area contributed by atoms with Crippen molar-refractivity contribution < 1.29 is 14.3 Å². The first-order valence-electron chi connectivity index (χ1n) is 12.3. The van der Waals surface area contributed by atoms with Gasteiger partial charge in [0.15, 0.2) is 11.5 Å². The lowest BCUT2D eigenvalue weighted by molar-refractivity contribution is -0.113. The second-order valence-electron chi connectivity index (χ2n) is 8.97. The number of ether oxygens (including phenoxy) is 2. The Morgan fingerprint density at radius 3 is 2.63 bits per heavy atom. The van der Waals surface area contributed by atoms with E-state index in [-0.39, 0.29) is 5.91 Å². The van der Waals surface area contributed by atoms with E-state index < -0.39 is 6.04 Å². The van der Waals surface area contributed by atoms with Crippen LogP contribution in [0.25, 0.3) is 0 Å². The van der Waals surface area contributed by atoms with Gasteiger partial charge in [0, 0.05) is 16.4 Å². The number of nitrogens with one attached hydrogen (secondary N) is 2. The Morgan fingerprint density at radius 2 is 1.87 bits per heavy atom. The van der Waals surface area contributed by atoms with Crippen LogP contribution in [0.1, 0.15) is 36.6 Å². The molecule has 1 aromatic heterocycles. The Kier molecular flexibility index (Phi) is 7.33. The standard InChI is InChI=1S/C29H28ClN5O3/c1-4-37-25-15-21(8-13-24(25)38-16-20-7-5-6-18(2)14-20)27-26(19(3)33-29-31-17-32-35(27)29)28(36)34-23-11-9-22(30)10-12-23/h5-15,17,27H,4,16H2,1-3H3,(H,34,36)(H,31,32,33). The SMILES string of the molecule is CCOc1cc(C2C(C(=O)Nc3ccc(Cl)cc3)=C(C)Nc3ncnn32)ccc1OCc1cccc(C)c1. The highest BCUT2D eigenvalue weighted by atomic mass is 35.5. The Hall–Kier alpha value is -4.30. The van der Waals surface area contributed by atoms with E-state index in [9.17, 15) is 4.79 Å². The van der Waals surface area contributed by atoms with E-state index in [2.05, 4.69) is 39.8 Å². The first-order chi connectivity index (χ1) is 18.4. The highest BCUT2D eigenvalue weighted by Gasteiger charge is 2.34. The molecule has 194 valence electrons. The van der Waals surface area contributed by atoms with Gasteiger partial charge >= 0.3 is 0 Å². The van der Waals surface area contributed by atoms with E-state index >= 15 is 0 Å². The van der Waals surface area contributed by atoms with Crippen LogP contribution in [0.15, 0.2) is 84.3 Å². The van der Waals surface area contributed by atoms with E-state index in [0.717, 1.165) is 11.1 Å². The third-order valence-corrected chi connectivity index (χ3v) is 6.45. The molecule has 3 aromatic carbocycles. The number of benzene rings is 3. The van der Waals surface area contributed by atoms with Gasteiger partial charge in [-0.2, -0.15) is 10.1 Å². The average molecular weight is 530 g/mol. The van der Waals surface area contributed by atoms with Crippen LogP contribution >= 0.6 is 11.6 Å². The summed E-state index contributed by atoms with van der Waals surface area (Å²) in [7, 11) is 0. The number of halogens is 1. The Balaban J connectivity index is 1.48. The lowest BCUT2D eigenvalue weighted by Crippen LogP contribution is -2.31. The van der Waals surface area contributed by atoms with Crippen LogP contribution < -0.4 is 20.1 Å². The molecule has 9 heteroatoms. The summed E-state index contributed by atoms with van der Waals surface area (Å²) in [5, 5.41) is 11.2. The molecule has 0 saturated heterocycles. The summed E-state index contributed by atoms with van der Waals surface area (Å²) in [5.74, 6) is 1.50. The predicted octanol–water partition coefficient (Wildman–Crippen LogP) is 6.15. The maximum atomic E-state index is 13.6. The molecule has 1 aliphatic heterocycles. The van der Waals surface area contributed by atoms with Crippen LogP contribution in [0.5, 0.6) is 11.5 Å². The van der Waals surface area contributed by atoms with Crippen LogP contribution in [0, 0.1) is 6.92 Å². The number of rotatable bonds is 8. The third-order valence-electron chi connectivity index (χ3n) is 6.20. The van der Waals surface area contributed by atoms with Crippen molar-refractivity contribution in [3.63, 3.8) is 0 Å². The molecule has 1 aliphatic rings. The predicted molar refractivity (Wildman–Crippen MR) is 148 cm³/mol. The van der Waals surface area contributed by atoms with Gasteiger partial charge in [0.25, 0.3) is 5.91 Å². The molecule has 5 rings (SSSR count). The number of aromatic nitrogens is 3. The number of carbonyl (C=O) groups excluding carboxylic acids is 1. The number of carbonyl (C=O) groups is 1. The molecule has 0 radical (unpaired) electrons. The van der Waals surface area contributed by atoms with Gasteiger partial charge in [0.2, 0.25) is 5.95 Å². The minimum atomic E-state index is -0.536. The molecule has 8 nitrogen and oxygen atoms in total. The Morgan fingerprint density at radius 1 is 1.05 bits per heavy atom. The van der Waals surface area contributed by atoms with Crippen molar-refractivity contribution in [2.45, 2.75) is 33.4 Å². The minimum Gasteiger partial charge on any atom is -0.490 e. The topological polar surface area (TPSA) is 90.3 Å². The molecule has 2 heterocycles. The van der Waals surface area contributed by atoms with E-state index in [1.54, 1.807) is 28.9 Å². The zero-order valence-electron chi connectivity index (χ0n) is 21.4. The van der Waals surface area contributed by atoms with E-state index in [0.29, 0.717) is 52.6 Å². The van der Waals surface area contributed by atoms with Gasteiger partial charge in [-0.25, -0.2) is 4.68 Å². The fourth-order valence-electron chi connectivity index (χ4n) is 4.47. The summed E-state index contributed by atoms with van der Waals surface area (Å²) in [4.78, 5) is 17.9. The Labute approximate surface area is 226 Å². The minimum absolute atomic E-state index is 0.263. The number of amides is 1. The molecule has 0 fully saturated rings. The summed E-state index contributed by atoms with van der Waals surface area (Å²) < 4.78 is 13.8. The van der Waals surface area contributed by atoms with Gasteiger partial charge in [0.1, 0.15) is 19.0 Å². The highest BCUT2D eigenvalue weighted by Crippen LogP contribution is 2.39. The van der Waals surface area contributed by atoms with E-state index in [4.69, 9.17) is 21.1 Å². The van der Waals surface area contributed by atoms with Gasteiger partial charge in [-0.1, -0.05) is 47.5 Å². The van der Waals surface area contributed by atoms with Crippen molar-refractivity contribution in [1.82, 2.24) is 14.8 Å². The van der Waals surface area contributed by atoms with Crippen molar-refractivity contribution in [3.05, 3.63) is 106 Å². The maximum absolute atomic E-state index is 13.6. The number of hydrogen-bond acceptors (Lipinski definition) is 6. The summed E-state index contributed by atoms with van der Waals surface area (Å²) in [6, 6.07) is 20.3. The van der Waals surface area contributed by atoms with Gasteiger partial charge in [-0.05, 0) is 68.3 Å². The number of aryl methyl sites for hydroxylation is 1. The van der Waals surface area contributed by atoms with Crippen molar-refractivity contribution in [1.29, 1.82) is 0 Å².